The van der Waals surface area contributed by atoms with Crippen LogP contribution in [0.15, 0.2) is 48.8 Å². The van der Waals surface area contributed by atoms with Gasteiger partial charge in [-0.1, -0.05) is 41.9 Å². The van der Waals surface area contributed by atoms with E-state index in [0.29, 0.717) is 30.3 Å². The quantitative estimate of drug-likeness (QED) is 0.442. The molecule has 3 aromatic rings. The van der Waals surface area contributed by atoms with Crippen LogP contribution in [0.2, 0.25) is 5.02 Å². The highest BCUT2D eigenvalue weighted by Gasteiger charge is 2.49. The number of ether oxygens (including phenoxy) is 1. The van der Waals surface area contributed by atoms with Gasteiger partial charge in [0.1, 0.15) is 17.4 Å². The topological polar surface area (TPSA) is 94.2 Å². The molecule has 0 spiro atoms. The highest BCUT2D eigenvalue weighted by molar-refractivity contribution is 6.31. The summed E-state index contributed by atoms with van der Waals surface area (Å²) in [6.07, 6.45) is 3.71. The van der Waals surface area contributed by atoms with Crippen LogP contribution in [0.3, 0.4) is 0 Å². The molecule has 3 unspecified atom stereocenters. The molecule has 200 valence electrons. The number of benzene rings is 2. The molecule has 4 heterocycles. The summed E-state index contributed by atoms with van der Waals surface area (Å²) >= 11 is 6.59. The van der Waals surface area contributed by atoms with Crippen LogP contribution in [0.1, 0.15) is 47.4 Å². The number of hydrogen-bond donors (Lipinski definition) is 3. The fourth-order valence-corrected chi connectivity index (χ4v) is 6.58. The Hall–Kier alpha value is -3.01. The molecule has 1 aromatic heterocycles. The van der Waals surface area contributed by atoms with Crippen molar-refractivity contribution in [1.29, 1.82) is 0 Å². The summed E-state index contributed by atoms with van der Waals surface area (Å²) in [6.45, 7) is 2.49. The molecule has 0 aliphatic carbocycles. The highest BCUT2D eigenvalue weighted by Crippen LogP contribution is 2.53. The Balaban J connectivity index is 1.44. The lowest BCUT2D eigenvalue weighted by Crippen LogP contribution is -2.48. The highest BCUT2D eigenvalue weighted by atomic mass is 35.5. The monoisotopic (exact) mass is 541 g/mol. The third-order valence-corrected chi connectivity index (χ3v) is 8.63. The number of hydrogen-bond acceptors (Lipinski definition) is 5. The molecular weight excluding hydrogens is 512 g/mol. The minimum absolute atomic E-state index is 0.138. The average molecular weight is 542 g/mol. The zero-order chi connectivity index (χ0) is 26.4. The molecule has 3 aliphatic heterocycles. The summed E-state index contributed by atoms with van der Waals surface area (Å²) in [5.74, 6) is -2.95. The summed E-state index contributed by atoms with van der Waals surface area (Å²) in [6, 6.07) is 11.3. The predicted octanol–water partition coefficient (Wildman–Crippen LogP) is 3.76. The van der Waals surface area contributed by atoms with Gasteiger partial charge in [-0.2, -0.15) is 0 Å². The molecule has 10 heteroatoms. The molecule has 6 rings (SSSR count). The lowest BCUT2D eigenvalue weighted by molar-refractivity contribution is -0.124. The molecule has 1 fully saturated rings. The molecule has 0 radical (unpaired) electrons. The van der Waals surface area contributed by atoms with Crippen molar-refractivity contribution < 1.29 is 18.3 Å². The van der Waals surface area contributed by atoms with E-state index in [1.165, 1.54) is 12.3 Å². The lowest BCUT2D eigenvalue weighted by Gasteiger charge is -2.35. The lowest BCUT2D eigenvalue weighted by atomic mass is 9.76. The van der Waals surface area contributed by atoms with Gasteiger partial charge >= 0.3 is 0 Å². The van der Waals surface area contributed by atoms with E-state index in [1.807, 2.05) is 30.3 Å². The Bertz CT molecular complexity index is 1350. The maximum Gasteiger partial charge on any atom is 0.223 e. The van der Waals surface area contributed by atoms with E-state index in [1.54, 1.807) is 10.8 Å². The van der Waals surface area contributed by atoms with Crippen molar-refractivity contribution in [1.82, 2.24) is 20.2 Å². The van der Waals surface area contributed by atoms with Gasteiger partial charge in [0.2, 0.25) is 5.91 Å². The molecule has 0 saturated carbocycles. The summed E-state index contributed by atoms with van der Waals surface area (Å²) in [4.78, 5) is 16.7. The largest absolute Gasteiger partial charge is 0.480 e. The molecular formula is C28H30ClF2N5O2. The number of nitrogens with zero attached hydrogens (tertiary/aromatic N) is 2. The van der Waals surface area contributed by atoms with Gasteiger partial charge < -0.3 is 25.7 Å². The Morgan fingerprint density at radius 3 is 2.79 bits per heavy atom. The van der Waals surface area contributed by atoms with Gasteiger partial charge in [0, 0.05) is 55.5 Å². The number of carbonyl (C=O) groups is 1. The van der Waals surface area contributed by atoms with Crippen molar-refractivity contribution in [2.45, 2.75) is 49.5 Å². The van der Waals surface area contributed by atoms with Crippen molar-refractivity contribution in [2.75, 3.05) is 19.6 Å². The first kappa shape index (κ1) is 25.3. The van der Waals surface area contributed by atoms with Gasteiger partial charge in [0.05, 0.1) is 10.9 Å². The molecule has 4 atom stereocenters. The van der Waals surface area contributed by atoms with E-state index in [0.717, 1.165) is 31.5 Å². The first-order valence-electron chi connectivity index (χ1n) is 13.0. The normalized spacial score (nSPS) is 27.0. The Labute approximate surface area is 224 Å². The molecule has 7 nitrogen and oxygen atoms in total. The van der Waals surface area contributed by atoms with E-state index in [2.05, 4.69) is 15.6 Å². The first-order chi connectivity index (χ1) is 18.4. The molecule has 1 amide bonds. The van der Waals surface area contributed by atoms with Crippen LogP contribution in [0, 0.1) is 11.7 Å². The van der Waals surface area contributed by atoms with Crippen LogP contribution >= 0.6 is 11.6 Å². The Morgan fingerprint density at radius 1 is 1.29 bits per heavy atom. The third-order valence-electron chi connectivity index (χ3n) is 8.24. The molecule has 2 aromatic carbocycles. The molecule has 1 saturated heterocycles. The number of alkyl halides is 1. The number of nitrogens with one attached hydrogen (secondary N) is 2. The smallest absolute Gasteiger partial charge is 0.223 e. The number of halogens is 3. The van der Waals surface area contributed by atoms with E-state index in [9.17, 15) is 4.79 Å². The number of fused-ring (bicyclic) bond motifs is 2. The number of carbonyl (C=O) groups excluding carboxylic acids is 1. The maximum atomic E-state index is 16.1. The minimum atomic E-state index is -1.70. The van der Waals surface area contributed by atoms with Crippen LogP contribution in [-0.4, -0.2) is 41.1 Å². The SMILES string of the molecule is NC(=O)C1Cn2ccnc2C(F)C1c1c(Cl)c(F)cc2c1C[C@@](CNC1CCNCC1)(c1ccccc1)O2. The van der Waals surface area contributed by atoms with Gasteiger partial charge in [0.25, 0.3) is 0 Å². The van der Waals surface area contributed by atoms with Crippen LogP contribution in [0.25, 0.3) is 0 Å². The van der Waals surface area contributed by atoms with Crippen molar-refractivity contribution >= 4 is 17.5 Å². The molecule has 38 heavy (non-hydrogen) atoms. The summed E-state index contributed by atoms with van der Waals surface area (Å²) in [5.41, 5.74) is 6.67. The maximum absolute atomic E-state index is 16.1. The van der Waals surface area contributed by atoms with E-state index in [-0.39, 0.29) is 23.0 Å². The van der Waals surface area contributed by atoms with Gasteiger partial charge in [0.15, 0.2) is 11.8 Å². The van der Waals surface area contributed by atoms with Crippen molar-refractivity contribution in [3.8, 4) is 5.75 Å². The molecule has 4 N–H and O–H groups in total. The van der Waals surface area contributed by atoms with Crippen LogP contribution in [0.5, 0.6) is 5.75 Å². The number of rotatable bonds is 6. The summed E-state index contributed by atoms with van der Waals surface area (Å²) < 4.78 is 39.6. The number of amides is 1. The standard InChI is InChI=1S/C28H30ClF2N5O2/c29-24-20(30)12-21-18(22(24)23-19(26(32)37)14-36-11-10-34-27(36)25(23)31)13-28(38-21,16-4-2-1-3-5-16)15-35-17-6-8-33-9-7-17/h1-5,10-12,17,19,23,25,33,35H,6-9,13-15H2,(H2,32,37)/t19?,23?,25?,28-/m1/s1. The van der Waals surface area contributed by atoms with Crippen molar-refractivity contribution in [2.24, 2.45) is 11.7 Å². The van der Waals surface area contributed by atoms with Crippen LogP contribution < -0.4 is 21.1 Å². The van der Waals surface area contributed by atoms with Crippen molar-refractivity contribution in [3.05, 3.63) is 82.1 Å². The van der Waals surface area contributed by atoms with Crippen molar-refractivity contribution in [3.63, 3.8) is 0 Å². The fraction of sp³-hybridized carbons (Fsp3) is 0.429. The van der Waals surface area contributed by atoms with Gasteiger partial charge in [-0.25, -0.2) is 13.8 Å². The van der Waals surface area contributed by atoms with Gasteiger partial charge in [-0.3, -0.25) is 4.79 Å². The van der Waals surface area contributed by atoms with Crippen LogP contribution in [0.4, 0.5) is 8.78 Å². The van der Waals surface area contributed by atoms with E-state index in [4.69, 9.17) is 22.1 Å². The van der Waals surface area contributed by atoms with Gasteiger partial charge in [-0.15, -0.1) is 0 Å². The number of nitrogens with two attached hydrogens (primary N) is 1. The Morgan fingerprint density at radius 2 is 2.05 bits per heavy atom. The second-order valence-electron chi connectivity index (χ2n) is 10.5. The summed E-state index contributed by atoms with van der Waals surface area (Å²) in [5, 5.41) is 6.82. The van der Waals surface area contributed by atoms with E-state index >= 15 is 8.78 Å². The Kier molecular flexibility index (Phi) is 6.62. The minimum Gasteiger partial charge on any atom is -0.480 e. The first-order valence-corrected chi connectivity index (χ1v) is 13.4. The van der Waals surface area contributed by atoms with E-state index < -0.39 is 35.3 Å². The number of piperidine rings is 1. The zero-order valence-corrected chi connectivity index (χ0v) is 21.6. The third kappa shape index (κ3) is 4.26. The average Bonchev–Trinajstić information content (AvgIpc) is 3.55. The van der Waals surface area contributed by atoms with Crippen LogP contribution in [-0.2, 0) is 23.4 Å². The second-order valence-corrected chi connectivity index (χ2v) is 10.9. The number of primary amides is 1. The zero-order valence-electron chi connectivity index (χ0n) is 20.8. The molecule has 3 aliphatic rings. The fourth-order valence-electron chi connectivity index (χ4n) is 6.28. The number of aromatic nitrogens is 2. The van der Waals surface area contributed by atoms with Gasteiger partial charge in [-0.05, 0) is 37.1 Å². The second kappa shape index (κ2) is 9.94. The molecule has 0 bridgehead atoms. The number of imidazole rings is 1. The summed E-state index contributed by atoms with van der Waals surface area (Å²) in [7, 11) is 0. The predicted molar refractivity (Wildman–Crippen MR) is 139 cm³/mol.